The first-order valence-electron chi connectivity index (χ1n) is 7.24. The summed E-state index contributed by atoms with van der Waals surface area (Å²) in [6.45, 7) is 6.36. The number of likely N-dealkylation sites (tertiary alicyclic amines) is 1. The van der Waals surface area contributed by atoms with Crippen molar-refractivity contribution in [1.29, 1.82) is 0 Å². The summed E-state index contributed by atoms with van der Waals surface area (Å²) in [5, 5.41) is 6.99. The maximum Gasteiger partial charge on any atom is 0.114 e. The largest absolute Gasteiger partial charge is 0.305 e. The molecule has 20 heavy (non-hydrogen) atoms. The Balaban J connectivity index is 1.73. The summed E-state index contributed by atoms with van der Waals surface area (Å²) in [6, 6.07) is 10.7. The molecular formula is C16H21N3S. The Morgan fingerprint density at radius 1 is 1.35 bits per heavy atom. The summed E-state index contributed by atoms with van der Waals surface area (Å²) in [5.74, 6) is 0. The van der Waals surface area contributed by atoms with E-state index in [2.05, 4.69) is 57.8 Å². The molecule has 1 fully saturated rings. The van der Waals surface area contributed by atoms with Crippen LogP contribution in [0.25, 0.3) is 0 Å². The molecule has 0 bridgehead atoms. The van der Waals surface area contributed by atoms with Crippen LogP contribution in [-0.4, -0.2) is 29.5 Å². The summed E-state index contributed by atoms with van der Waals surface area (Å²) >= 11 is 1.77. The lowest BCUT2D eigenvalue weighted by molar-refractivity contribution is 0.278. The van der Waals surface area contributed by atoms with E-state index in [-0.39, 0.29) is 5.54 Å². The number of likely N-dealkylation sites (N-methyl/N-ethyl adjacent to an activating group) is 1. The first-order chi connectivity index (χ1) is 9.82. The second-order valence-corrected chi connectivity index (χ2v) is 6.29. The number of rotatable bonds is 5. The van der Waals surface area contributed by atoms with Gasteiger partial charge in [-0.25, -0.2) is 4.98 Å². The van der Waals surface area contributed by atoms with E-state index in [0.29, 0.717) is 0 Å². The van der Waals surface area contributed by atoms with Gasteiger partial charge in [0.15, 0.2) is 0 Å². The molecular weight excluding hydrogens is 266 g/mol. The molecule has 106 valence electrons. The van der Waals surface area contributed by atoms with E-state index in [9.17, 15) is 0 Å². The van der Waals surface area contributed by atoms with Crippen molar-refractivity contribution >= 4 is 11.3 Å². The molecule has 1 N–H and O–H groups in total. The lowest BCUT2D eigenvalue weighted by Gasteiger charge is -2.28. The number of hydrogen-bond donors (Lipinski definition) is 1. The van der Waals surface area contributed by atoms with Crippen LogP contribution in [-0.2, 0) is 12.1 Å². The van der Waals surface area contributed by atoms with Crippen molar-refractivity contribution in [2.45, 2.75) is 25.4 Å². The second kappa shape index (κ2) is 6.04. The zero-order chi connectivity index (χ0) is 13.8. The van der Waals surface area contributed by atoms with E-state index in [1.54, 1.807) is 11.3 Å². The zero-order valence-electron chi connectivity index (χ0n) is 11.9. The molecule has 1 aliphatic rings. The molecule has 0 radical (unpaired) electrons. The van der Waals surface area contributed by atoms with Crippen molar-refractivity contribution in [2.75, 3.05) is 19.6 Å². The van der Waals surface area contributed by atoms with Crippen molar-refractivity contribution in [2.24, 2.45) is 0 Å². The maximum absolute atomic E-state index is 4.56. The van der Waals surface area contributed by atoms with E-state index in [0.717, 1.165) is 32.6 Å². The minimum absolute atomic E-state index is 0.0533. The summed E-state index contributed by atoms with van der Waals surface area (Å²) in [7, 11) is 0. The van der Waals surface area contributed by atoms with Crippen molar-refractivity contribution in [3.05, 3.63) is 52.5 Å². The zero-order valence-corrected chi connectivity index (χ0v) is 12.7. The second-order valence-electron chi connectivity index (χ2n) is 5.40. The fourth-order valence-electron chi connectivity index (χ4n) is 3.06. The summed E-state index contributed by atoms with van der Waals surface area (Å²) < 4.78 is 0. The van der Waals surface area contributed by atoms with Gasteiger partial charge >= 0.3 is 0 Å². The Morgan fingerprint density at radius 2 is 2.20 bits per heavy atom. The molecule has 0 aliphatic carbocycles. The third-order valence-corrected chi connectivity index (χ3v) is 4.93. The number of nitrogens with zero attached hydrogens (tertiary/aromatic N) is 2. The Hall–Kier alpha value is -1.23. The Morgan fingerprint density at radius 3 is 2.90 bits per heavy atom. The molecule has 2 aromatic rings. The molecule has 3 rings (SSSR count). The molecule has 1 atom stereocenters. The van der Waals surface area contributed by atoms with Gasteiger partial charge in [-0.1, -0.05) is 37.3 Å². The molecule has 0 saturated carbocycles. The molecule has 2 heterocycles. The van der Waals surface area contributed by atoms with E-state index < -0.39 is 0 Å². The minimum Gasteiger partial charge on any atom is -0.305 e. The standard InChI is InChI=1S/C16H21N3S/c1-2-18-16(15-17-9-11-20-15)8-10-19(13-16)12-14-6-4-3-5-7-14/h3-7,9,11,18H,2,8,10,12-13H2,1H3. The van der Waals surface area contributed by atoms with Crippen LogP contribution < -0.4 is 5.32 Å². The number of aromatic nitrogens is 1. The van der Waals surface area contributed by atoms with Gasteiger partial charge in [-0.05, 0) is 18.5 Å². The first-order valence-corrected chi connectivity index (χ1v) is 8.12. The number of thiazole rings is 1. The third-order valence-electron chi connectivity index (χ3n) is 3.95. The van der Waals surface area contributed by atoms with Gasteiger partial charge in [0, 0.05) is 31.2 Å². The highest BCUT2D eigenvalue weighted by atomic mass is 32.1. The molecule has 0 spiro atoms. The number of hydrogen-bond acceptors (Lipinski definition) is 4. The van der Waals surface area contributed by atoms with E-state index in [4.69, 9.17) is 0 Å². The highest BCUT2D eigenvalue weighted by molar-refractivity contribution is 7.09. The first kappa shape index (κ1) is 13.7. The van der Waals surface area contributed by atoms with Crippen LogP contribution in [0.5, 0.6) is 0 Å². The lowest BCUT2D eigenvalue weighted by Crippen LogP contribution is -2.44. The quantitative estimate of drug-likeness (QED) is 0.916. The average molecular weight is 287 g/mol. The Labute approximate surface area is 124 Å². The fourth-order valence-corrected chi connectivity index (χ4v) is 3.89. The average Bonchev–Trinajstić information content (AvgIpc) is 3.11. The molecule has 1 aromatic carbocycles. The molecule has 4 heteroatoms. The number of benzene rings is 1. The van der Waals surface area contributed by atoms with Crippen LogP contribution in [0.2, 0.25) is 0 Å². The number of nitrogens with one attached hydrogen (secondary N) is 1. The molecule has 1 unspecified atom stereocenters. The van der Waals surface area contributed by atoms with E-state index >= 15 is 0 Å². The molecule has 1 aliphatic heterocycles. The van der Waals surface area contributed by atoms with Crippen LogP contribution in [0.1, 0.15) is 23.9 Å². The maximum atomic E-state index is 4.56. The van der Waals surface area contributed by atoms with Crippen LogP contribution in [0, 0.1) is 0 Å². The summed E-state index contributed by atoms with van der Waals surface area (Å²) in [6.07, 6.45) is 3.06. The van der Waals surface area contributed by atoms with Crippen molar-refractivity contribution in [3.63, 3.8) is 0 Å². The highest BCUT2D eigenvalue weighted by Gasteiger charge is 2.40. The Kier molecular flexibility index (Phi) is 4.15. The fraction of sp³-hybridized carbons (Fsp3) is 0.438. The van der Waals surface area contributed by atoms with Gasteiger partial charge < -0.3 is 5.32 Å². The Bertz CT molecular complexity index is 526. The van der Waals surface area contributed by atoms with Gasteiger partial charge in [-0.2, -0.15) is 0 Å². The highest BCUT2D eigenvalue weighted by Crippen LogP contribution is 2.33. The predicted octanol–water partition coefficient (Wildman–Crippen LogP) is 2.85. The van der Waals surface area contributed by atoms with Crippen LogP contribution in [0.3, 0.4) is 0 Å². The van der Waals surface area contributed by atoms with Crippen molar-refractivity contribution < 1.29 is 0 Å². The summed E-state index contributed by atoms with van der Waals surface area (Å²) in [5.41, 5.74) is 1.44. The van der Waals surface area contributed by atoms with Crippen LogP contribution in [0.15, 0.2) is 41.9 Å². The van der Waals surface area contributed by atoms with Crippen molar-refractivity contribution in [3.8, 4) is 0 Å². The molecule has 1 saturated heterocycles. The lowest BCUT2D eigenvalue weighted by atomic mass is 9.99. The van der Waals surface area contributed by atoms with Crippen LogP contribution in [0.4, 0.5) is 0 Å². The van der Waals surface area contributed by atoms with Gasteiger partial charge in [-0.15, -0.1) is 11.3 Å². The SMILES string of the molecule is CCNC1(c2nccs2)CCN(Cc2ccccc2)C1. The topological polar surface area (TPSA) is 28.2 Å². The molecule has 1 aromatic heterocycles. The van der Waals surface area contributed by atoms with Gasteiger partial charge in [0.25, 0.3) is 0 Å². The minimum atomic E-state index is 0.0533. The van der Waals surface area contributed by atoms with E-state index in [1.807, 2.05) is 6.20 Å². The smallest absolute Gasteiger partial charge is 0.114 e. The predicted molar refractivity (Wildman–Crippen MR) is 83.8 cm³/mol. The van der Waals surface area contributed by atoms with Crippen molar-refractivity contribution in [1.82, 2.24) is 15.2 Å². The molecule has 3 nitrogen and oxygen atoms in total. The van der Waals surface area contributed by atoms with Crippen LogP contribution >= 0.6 is 11.3 Å². The third kappa shape index (κ3) is 2.77. The van der Waals surface area contributed by atoms with Gasteiger partial charge in [0.1, 0.15) is 5.01 Å². The normalized spacial score (nSPS) is 23.2. The van der Waals surface area contributed by atoms with Gasteiger partial charge in [-0.3, -0.25) is 4.90 Å². The monoisotopic (exact) mass is 287 g/mol. The summed E-state index contributed by atoms with van der Waals surface area (Å²) in [4.78, 5) is 7.09. The van der Waals surface area contributed by atoms with E-state index in [1.165, 1.54) is 10.6 Å². The molecule has 0 amide bonds. The van der Waals surface area contributed by atoms with Gasteiger partial charge in [0.2, 0.25) is 0 Å². The van der Waals surface area contributed by atoms with Gasteiger partial charge in [0.05, 0.1) is 5.54 Å².